The van der Waals surface area contributed by atoms with E-state index in [9.17, 15) is 18.0 Å². The molecule has 0 saturated carbocycles. The molecule has 3 heterocycles. The average Bonchev–Trinajstić information content (AvgIpc) is 3.19. The molecule has 4 rings (SSSR count). The maximum absolute atomic E-state index is 12.9. The van der Waals surface area contributed by atoms with Gasteiger partial charge in [0.05, 0.1) is 30.1 Å². The molecule has 0 aliphatic carbocycles. The number of hydrogen-bond donors (Lipinski definition) is 1. The zero-order valence-corrected chi connectivity index (χ0v) is 16.1. The summed E-state index contributed by atoms with van der Waals surface area (Å²) in [5, 5.41) is 7.46. The summed E-state index contributed by atoms with van der Waals surface area (Å²) in [6.45, 7) is 0.702. The van der Waals surface area contributed by atoms with Crippen molar-refractivity contribution in [1.29, 1.82) is 0 Å². The number of methoxy groups -OCH3 is 1. The maximum atomic E-state index is 12.9. The van der Waals surface area contributed by atoms with Crippen LogP contribution in [-0.4, -0.2) is 27.8 Å². The topological polar surface area (TPSA) is 69.0 Å². The second-order valence-corrected chi connectivity index (χ2v) is 7.01. The maximum Gasteiger partial charge on any atom is 0.416 e. The number of fused-ring (bicyclic) bond motifs is 1. The van der Waals surface area contributed by atoms with Crippen LogP contribution in [0.2, 0.25) is 0 Å². The summed E-state index contributed by atoms with van der Waals surface area (Å²) in [6, 6.07) is 9.54. The minimum absolute atomic E-state index is 0.0273. The van der Waals surface area contributed by atoms with Crippen LogP contribution in [0, 0.1) is 0 Å². The quantitative estimate of drug-likeness (QED) is 0.691. The molecule has 1 aliphatic heterocycles. The normalized spacial score (nSPS) is 16.1. The first kappa shape index (κ1) is 19.9. The summed E-state index contributed by atoms with van der Waals surface area (Å²) >= 11 is 0. The number of carbonyl (C=O) groups is 1. The molecule has 6 nitrogen and oxygen atoms in total. The Hall–Kier alpha value is -3.36. The van der Waals surface area contributed by atoms with Gasteiger partial charge in [0.15, 0.2) is 0 Å². The molecule has 1 atom stereocenters. The minimum Gasteiger partial charge on any atom is -0.481 e. The Kier molecular flexibility index (Phi) is 5.19. The SMILES string of the molecule is COc1cc(-c2cc3n(n2)CCC[C@H]3NC(=O)c2cccc(C(F)(F)F)c2)ccn1. The van der Waals surface area contributed by atoms with Crippen molar-refractivity contribution in [3.8, 4) is 17.1 Å². The monoisotopic (exact) mass is 416 g/mol. The second-order valence-electron chi connectivity index (χ2n) is 7.01. The first-order valence-electron chi connectivity index (χ1n) is 9.41. The summed E-state index contributed by atoms with van der Waals surface area (Å²) in [4.78, 5) is 16.7. The van der Waals surface area contributed by atoms with Crippen molar-refractivity contribution in [3.05, 3.63) is 65.5 Å². The lowest BCUT2D eigenvalue weighted by molar-refractivity contribution is -0.137. The molecule has 0 fully saturated rings. The number of aryl methyl sites for hydroxylation is 1. The first-order chi connectivity index (χ1) is 14.3. The van der Waals surface area contributed by atoms with Gasteiger partial charge in [-0.3, -0.25) is 9.48 Å². The van der Waals surface area contributed by atoms with Gasteiger partial charge in [-0.1, -0.05) is 6.07 Å². The molecule has 0 radical (unpaired) electrons. The van der Waals surface area contributed by atoms with Gasteiger partial charge in [0.25, 0.3) is 5.91 Å². The largest absolute Gasteiger partial charge is 0.481 e. The Balaban J connectivity index is 1.58. The standard InChI is InChI=1S/C21H19F3N4O2/c1-30-19-11-13(7-8-25-19)17-12-18-16(6-3-9-28(18)27-17)26-20(29)14-4-2-5-15(10-14)21(22,23)24/h2,4-5,7-8,10-12,16H,3,6,9H2,1H3,(H,26,29)/t16-/m1/s1. The highest BCUT2D eigenvalue weighted by atomic mass is 19.4. The van der Waals surface area contributed by atoms with Crippen molar-refractivity contribution in [2.24, 2.45) is 0 Å². The van der Waals surface area contributed by atoms with Gasteiger partial charge in [-0.25, -0.2) is 4.98 Å². The lowest BCUT2D eigenvalue weighted by atomic mass is 10.0. The predicted octanol–water partition coefficient (Wildman–Crippen LogP) is 4.24. The number of carbonyl (C=O) groups excluding carboxylic acids is 1. The van der Waals surface area contributed by atoms with E-state index in [4.69, 9.17) is 4.74 Å². The number of alkyl halides is 3. The Labute approximate surface area is 170 Å². The summed E-state index contributed by atoms with van der Waals surface area (Å²) in [5.41, 5.74) is 1.48. The Bertz CT molecular complexity index is 1080. The predicted molar refractivity (Wildman–Crippen MR) is 103 cm³/mol. The number of nitrogens with zero attached hydrogens (tertiary/aromatic N) is 3. The highest BCUT2D eigenvalue weighted by Gasteiger charge is 2.31. The molecule has 3 aromatic rings. The van der Waals surface area contributed by atoms with Crippen molar-refractivity contribution < 1.29 is 22.7 Å². The van der Waals surface area contributed by atoms with Gasteiger partial charge < -0.3 is 10.1 Å². The number of hydrogen-bond acceptors (Lipinski definition) is 4. The molecule has 1 aromatic carbocycles. The molecule has 0 unspecified atom stereocenters. The number of amides is 1. The van der Waals surface area contributed by atoms with Crippen LogP contribution >= 0.6 is 0 Å². The van der Waals surface area contributed by atoms with E-state index in [2.05, 4.69) is 15.4 Å². The van der Waals surface area contributed by atoms with E-state index in [0.717, 1.165) is 29.8 Å². The van der Waals surface area contributed by atoms with E-state index in [1.165, 1.54) is 19.2 Å². The van der Waals surface area contributed by atoms with Crippen LogP contribution in [0.4, 0.5) is 13.2 Å². The summed E-state index contributed by atoms with van der Waals surface area (Å²) in [5.74, 6) is -0.0826. The number of rotatable bonds is 4. The zero-order chi connectivity index (χ0) is 21.3. The summed E-state index contributed by atoms with van der Waals surface area (Å²) in [7, 11) is 1.53. The summed E-state index contributed by atoms with van der Waals surface area (Å²) in [6.07, 6.45) is -1.41. The van der Waals surface area contributed by atoms with Gasteiger partial charge in [0.1, 0.15) is 0 Å². The van der Waals surface area contributed by atoms with E-state index in [1.807, 2.05) is 16.8 Å². The molecule has 0 saturated heterocycles. The molecule has 9 heteroatoms. The molecular weight excluding hydrogens is 397 g/mol. The van der Waals surface area contributed by atoms with E-state index >= 15 is 0 Å². The van der Waals surface area contributed by atoms with Crippen molar-refractivity contribution in [3.63, 3.8) is 0 Å². The second kappa shape index (κ2) is 7.81. The third-order valence-electron chi connectivity index (χ3n) is 5.03. The smallest absolute Gasteiger partial charge is 0.416 e. The molecule has 30 heavy (non-hydrogen) atoms. The van der Waals surface area contributed by atoms with Gasteiger partial charge in [0, 0.05) is 29.9 Å². The van der Waals surface area contributed by atoms with E-state index < -0.39 is 17.6 Å². The number of aromatic nitrogens is 3. The van der Waals surface area contributed by atoms with Crippen LogP contribution in [0.1, 0.15) is 40.5 Å². The number of ether oxygens (including phenoxy) is 1. The van der Waals surface area contributed by atoms with E-state index in [1.54, 1.807) is 12.3 Å². The fourth-order valence-corrected chi connectivity index (χ4v) is 3.53. The number of halogens is 3. The average molecular weight is 416 g/mol. The first-order valence-corrected chi connectivity index (χ1v) is 9.41. The number of pyridine rings is 1. The van der Waals surface area contributed by atoms with Crippen LogP contribution in [0.3, 0.4) is 0 Å². The molecular formula is C21H19F3N4O2. The number of nitrogens with one attached hydrogen (secondary N) is 1. The van der Waals surface area contributed by atoms with Crippen molar-refractivity contribution in [2.45, 2.75) is 31.6 Å². The van der Waals surface area contributed by atoms with Gasteiger partial charge in [0.2, 0.25) is 5.88 Å². The lowest BCUT2D eigenvalue weighted by Crippen LogP contribution is -2.32. The van der Waals surface area contributed by atoms with Gasteiger partial charge in [-0.2, -0.15) is 18.3 Å². The van der Waals surface area contributed by atoms with Crippen LogP contribution in [0.15, 0.2) is 48.7 Å². The highest BCUT2D eigenvalue weighted by molar-refractivity contribution is 5.94. The third-order valence-corrected chi connectivity index (χ3v) is 5.03. The fourth-order valence-electron chi connectivity index (χ4n) is 3.53. The third kappa shape index (κ3) is 4.00. The fraction of sp³-hybridized carbons (Fsp3) is 0.286. The van der Waals surface area contributed by atoms with Gasteiger partial charge >= 0.3 is 6.18 Å². The van der Waals surface area contributed by atoms with Crippen molar-refractivity contribution >= 4 is 5.91 Å². The van der Waals surface area contributed by atoms with Crippen molar-refractivity contribution in [1.82, 2.24) is 20.1 Å². The Morgan fingerprint density at radius 1 is 1.23 bits per heavy atom. The van der Waals surface area contributed by atoms with Crippen LogP contribution in [0.25, 0.3) is 11.3 Å². The van der Waals surface area contributed by atoms with Crippen LogP contribution < -0.4 is 10.1 Å². The zero-order valence-electron chi connectivity index (χ0n) is 16.1. The van der Waals surface area contributed by atoms with Crippen LogP contribution in [-0.2, 0) is 12.7 Å². The molecule has 0 spiro atoms. The van der Waals surface area contributed by atoms with E-state index in [0.29, 0.717) is 24.5 Å². The molecule has 0 bridgehead atoms. The molecule has 1 N–H and O–H groups in total. The van der Waals surface area contributed by atoms with Crippen LogP contribution in [0.5, 0.6) is 5.88 Å². The number of benzene rings is 1. The van der Waals surface area contributed by atoms with Crippen molar-refractivity contribution in [2.75, 3.05) is 7.11 Å². The lowest BCUT2D eigenvalue weighted by Gasteiger charge is -2.24. The Morgan fingerprint density at radius 2 is 2.07 bits per heavy atom. The molecule has 1 aliphatic rings. The van der Waals surface area contributed by atoms with E-state index in [-0.39, 0.29) is 11.6 Å². The molecule has 1 amide bonds. The highest BCUT2D eigenvalue weighted by Crippen LogP contribution is 2.32. The van der Waals surface area contributed by atoms with Gasteiger partial charge in [-0.15, -0.1) is 0 Å². The molecule has 2 aromatic heterocycles. The summed E-state index contributed by atoms with van der Waals surface area (Å²) < 4.78 is 45.8. The van der Waals surface area contributed by atoms with Gasteiger partial charge in [-0.05, 0) is 43.2 Å². The Morgan fingerprint density at radius 3 is 2.83 bits per heavy atom. The molecule has 156 valence electrons. The minimum atomic E-state index is -4.50.